The molecule has 1 aliphatic rings. The number of carbonyl (C=O) groups is 1. The van der Waals surface area contributed by atoms with E-state index in [4.69, 9.17) is 5.26 Å². The van der Waals surface area contributed by atoms with Crippen LogP contribution in [0.4, 0.5) is 8.78 Å². The highest BCUT2D eigenvalue weighted by Gasteiger charge is 2.51. The zero-order chi connectivity index (χ0) is 14.0. The second kappa shape index (κ2) is 4.96. The Labute approximate surface area is 110 Å². The lowest BCUT2D eigenvalue weighted by Gasteiger charge is -2.19. The van der Waals surface area contributed by atoms with Crippen LogP contribution < -0.4 is 0 Å². The smallest absolute Gasteiger partial charge is 0.242 e. The fourth-order valence-electron chi connectivity index (χ4n) is 1.96. The summed E-state index contributed by atoms with van der Waals surface area (Å²) in [5.74, 6) is -1.95. The van der Waals surface area contributed by atoms with Gasteiger partial charge in [0.25, 0.3) is 0 Å². The van der Waals surface area contributed by atoms with Gasteiger partial charge in [0.15, 0.2) is 11.6 Å². The van der Waals surface area contributed by atoms with Gasteiger partial charge in [-0.1, -0.05) is 6.07 Å². The molecule has 2 rings (SSSR count). The van der Waals surface area contributed by atoms with Gasteiger partial charge in [0.05, 0.1) is 6.07 Å². The molecule has 0 radical (unpaired) electrons. The van der Waals surface area contributed by atoms with Crippen molar-refractivity contribution in [3.8, 4) is 6.07 Å². The lowest BCUT2D eigenvalue weighted by molar-refractivity contribution is -0.133. The second-order valence-corrected chi connectivity index (χ2v) is 4.92. The van der Waals surface area contributed by atoms with Crippen LogP contribution in [0.15, 0.2) is 18.2 Å². The van der Waals surface area contributed by atoms with Crippen molar-refractivity contribution in [2.24, 2.45) is 5.41 Å². The summed E-state index contributed by atoms with van der Waals surface area (Å²) in [4.78, 5) is 13.5. The summed E-state index contributed by atoms with van der Waals surface area (Å²) in [6.45, 7) is 0.382. The maximum Gasteiger partial charge on any atom is 0.242 e. The van der Waals surface area contributed by atoms with E-state index >= 15 is 0 Å². The lowest BCUT2D eigenvalue weighted by atomic mass is 10.1. The molecule has 0 spiro atoms. The highest BCUT2D eigenvalue weighted by Crippen LogP contribution is 2.46. The van der Waals surface area contributed by atoms with Crippen molar-refractivity contribution in [2.45, 2.75) is 19.3 Å². The van der Waals surface area contributed by atoms with E-state index in [2.05, 4.69) is 0 Å². The van der Waals surface area contributed by atoms with Gasteiger partial charge < -0.3 is 4.90 Å². The van der Waals surface area contributed by atoms with Crippen LogP contribution >= 0.6 is 0 Å². The van der Waals surface area contributed by atoms with Gasteiger partial charge >= 0.3 is 0 Å². The van der Waals surface area contributed by atoms with E-state index in [0.29, 0.717) is 31.4 Å². The first-order valence-electron chi connectivity index (χ1n) is 6.09. The molecule has 0 aromatic heterocycles. The van der Waals surface area contributed by atoms with Crippen molar-refractivity contribution in [1.29, 1.82) is 5.26 Å². The van der Waals surface area contributed by atoms with E-state index in [1.807, 2.05) is 6.07 Å². The van der Waals surface area contributed by atoms with Crippen LogP contribution in [0.1, 0.15) is 18.4 Å². The van der Waals surface area contributed by atoms with Crippen LogP contribution in [0, 0.1) is 28.4 Å². The molecule has 0 aliphatic heterocycles. The Morgan fingerprint density at radius 1 is 1.42 bits per heavy atom. The Bertz CT molecular complexity index is 547. The average Bonchev–Trinajstić information content (AvgIpc) is 3.20. The maximum absolute atomic E-state index is 13.0. The maximum atomic E-state index is 13.0. The van der Waals surface area contributed by atoms with Gasteiger partial charge in [-0.05, 0) is 37.0 Å². The number of nitrogens with zero attached hydrogens (tertiary/aromatic N) is 2. The van der Waals surface area contributed by atoms with Crippen LogP contribution in [0.3, 0.4) is 0 Å². The van der Waals surface area contributed by atoms with Gasteiger partial charge in [0, 0.05) is 13.6 Å². The molecule has 1 fully saturated rings. The van der Waals surface area contributed by atoms with Crippen molar-refractivity contribution in [3.63, 3.8) is 0 Å². The lowest BCUT2D eigenvalue weighted by Crippen LogP contribution is -2.34. The third kappa shape index (κ3) is 2.73. The zero-order valence-electron chi connectivity index (χ0n) is 10.6. The molecule has 0 heterocycles. The van der Waals surface area contributed by atoms with E-state index in [1.165, 1.54) is 11.0 Å². The second-order valence-electron chi connectivity index (χ2n) is 4.92. The summed E-state index contributed by atoms with van der Waals surface area (Å²) < 4.78 is 25.8. The Hall–Kier alpha value is -1.96. The Morgan fingerprint density at radius 3 is 2.63 bits per heavy atom. The van der Waals surface area contributed by atoms with Gasteiger partial charge in [0.1, 0.15) is 5.41 Å². The number of rotatable bonds is 4. The highest BCUT2D eigenvalue weighted by molar-refractivity contribution is 5.88. The largest absolute Gasteiger partial charge is 0.344 e. The van der Waals surface area contributed by atoms with Gasteiger partial charge in [-0.3, -0.25) is 4.79 Å². The zero-order valence-corrected chi connectivity index (χ0v) is 10.6. The molecule has 1 saturated carbocycles. The minimum atomic E-state index is -0.887. The molecule has 19 heavy (non-hydrogen) atoms. The van der Waals surface area contributed by atoms with Crippen molar-refractivity contribution in [2.75, 3.05) is 13.6 Å². The minimum absolute atomic E-state index is 0.183. The van der Waals surface area contributed by atoms with Crippen molar-refractivity contribution in [3.05, 3.63) is 35.4 Å². The molecule has 0 saturated heterocycles. The van der Waals surface area contributed by atoms with Gasteiger partial charge in [-0.15, -0.1) is 0 Å². The number of carbonyl (C=O) groups excluding carboxylic acids is 1. The molecule has 1 aliphatic carbocycles. The molecule has 0 bridgehead atoms. The van der Waals surface area contributed by atoms with Crippen LogP contribution in [-0.2, 0) is 11.2 Å². The van der Waals surface area contributed by atoms with Crippen LogP contribution in [-0.4, -0.2) is 24.4 Å². The number of nitriles is 1. The Morgan fingerprint density at radius 2 is 2.11 bits per heavy atom. The van der Waals surface area contributed by atoms with Gasteiger partial charge in [0.2, 0.25) is 5.91 Å². The summed E-state index contributed by atoms with van der Waals surface area (Å²) >= 11 is 0. The fourth-order valence-corrected chi connectivity index (χ4v) is 1.96. The molecule has 100 valence electrons. The van der Waals surface area contributed by atoms with Gasteiger partial charge in [-0.25, -0.2) is 8.78 Å². The summed E-state index contributed by atoms with van der Waals surface area (Å²) in [7, 11) is 1.62. The molecule has 3 nitrogen and oxygen atoms in total. The van der Waals surface area contributed by atoms with Crippen LogP contribution in [0.5, 0.6) is 0 Å². The number of hydrogen-bond acceptors (Lipinski definition) is 2. The summed E-state index contributed by atoms with van der Waals surface area (Å²) in [5.41, 5.74) is -0.205. The summed E-state index contributed by atoms with van der Waals surface area (Å²) in [6, 6.07) is 5.74. The van der Waals surface area contributed by atoms with E-state index in [0.717, 1.165) is 12.1 Å². The van der Waals surface area contributed by atoms with Crippen LogP contribution in [0.2, 0.25) is 0 Å². The molecule has 1 amide bonds. The number of halogens is 2. The van der Waals surface area contributed by atoms with Gasteiger partial charge in [-0.2, -0.15) is 5.26 Å². The standard InChI is InChI=1S/C14H14F2N2O/c1-18(13(19)14(9-17)5-6-14)7-4-10-2-3-11(15)12(16)8-10/h2-3,8H,4-7H2,1H3. The monoisotopic (exact) mass is 264 g/mol. The minimum Gasteiger partial charge on any atom is -0.344 e. The third-order valence-corrected chi connectivity index (χ3v) is 3.44. The molecule has 1 aromatic rings. The Kier molecular flexibility index (Phi) is 3.52. The first kappa shape index (κ1) is 13.5. The van der Waals surface area contributed by atoms with E-state index in [9.17, 15) is 13.6 Å². The number of hydrogen-bond donors (Lipinski definition) is 0. The Balaban J connectivity index is 1.93. The molecule has 1 aromatic carbocycles. The molecular weight excluding hydrogens is 250 g/mol. The predicted octanol–water partition coefficient (Wildman–Crippen LogP) is 2.27. The molecule has 0 unspecified atom stereocenters. The molecule has 0 atom stereocenters. The van der Waals surface area contributed by atoms with Crippen molar-refractivity contribution in [1.82, 2.24) is 4.90 Å². The predicted molar refractivity (Wildman–Crippen MR) is 65.0 cm³/mol. The van der Waals surface area contributed by atoms with E-state index < -0.39 is 17.0 Å². The normalized spacial score (nSPS) is 15.7. The van der Waals surface area contributed by atoms with Crippen molar-refractivity contribution < 1.29 is 13.6 Å². The molecule has 0 N–H and O–H groups in total. The average molecular weight is 264 g/mol. The van der Waals surface area contributed by atoms with Crippen molar-refractivity contribution >= 4 is 5.91 Å². The third-order valence-electron chi connectivity index (χ3n) is 3.44. The number of amides is 1. The van der Waals surface area contributed by atoms with E-state index in [-0.39, 0.29) is 5.91 Å². The van der Waals surface area contributed by atoms with Crippen LogP contribution in [0.25, 0.3) is 0 Å². The summed E-state index contributed by atoms with van der Waals surface area (Å²) in [6.07, 6.45) is 1.65. The molecular formula is C14H14F2N2O. The highest BCUT2D eigenvalue weighted by atomic mass is 19.2. The first-order valence-corrected chi connectivity index (χ1v) is 6.09. The molecule has 5 heteroatoms. The number of likely N-dealkylation sites (N-methyl/N-ethyl adjacent to an activating group) is 1. The first-order chi connectivity index (χ1) is 8.98. The number of benzene rings is 1. The quantitative estimate of drug-likeness (QED) is 0.837. The SMILES string of the molecule is CN(CCc1ccc(F)c(F)c1)C(=O)C1(C#N)CC1. The topological polar surface area (TPSA) is 44.1 Å². The fraction of sp³-hybridized carbons (Fsp3) is 0.429. The van der Waals surface area contributed by atoms with E-state index in [1.54, 1.807) is 7.05 Å². The summed E-state index contributed by atoms with van der Waals surface area (Å²) in [5, 5.41) is 8.94.